The van der Waals surface area contributed by atoms with E-state index in [0.29, 0.717) is 38.2 Å². The van der Waals surface area contributed by atoms with E-state index in [9.17, 15) is 27.6 Å². The van der Waals surface area contributed by atoms with Crippen molar-refractivity contribution < 1.29 is 27.6 Å². The van der Waals surface area contributed by atoms with Gasteiger partial charge in [-0.25, -0.2) is 13.2 Å². The van der Waals surface area contributed by atoms with E-state index in [1.807, 2.05) is 0 Å². The zero-order chi connectivity index (χ0) is 26.9. The molecule has 0 atom stereocenters. The minimum absolute atomic E-state index is 0.0950. The predicted octanol–water partition coefficient (Wildman–Crippen LogP) is 2.10. The summed E-state index contributed by atoms with van der Waals surface area (Å²) < 4.78 is 27.0. The molecular weight excluding hydrogens is 518 g/mol. The molecule has 2 aromatic rings. The number of imide groups is 1. The van der Waals surface area contributed by atoms with Crippen LogP contribution in [-0.2, 0) is 27.8 Å². The Morgan fingerprint density at radius 3 is 2.22 bits per heavy atom. The van der Waals surface area contributed by atoms with Crippen LogP contribution in [0.4, 0.5) is 9.80 Å². The van der Waals surface area contributed by atoms with E-state index in [1.165, 1.54) is 65.8 Å². The van der Waals surface area contributed by atoms with Crippen LogP contribution >= 0.6 is 11.3 Å². The number of nitrogens with one attached hydrogen (secondary N) is 2. The molecule has 1 aromatic carbocycles. The van der Waals surface area contributed by atoms with Gasteiger partial charge in [0.15, 0.2) is 0 Å². The molecule has 0 unspecified atom stereocenters. The number of carbonyl (C=O) groups excluding carboxylic acids is 4. The fourth-order valence-corrected chi connectivity index (χ4v) is 7.08. The van der Waals surface area contributed by atoms with Crippen LogP contribution in [0.5, 0.6) is 0 Å². The number of anilines is 1. The molecule has 37 heavy (non-hydrogen) atoms. The van der Waals surface area contributed by atoms with Crippen molar-refractivity contribution in [1.29, 1.82) is 0 Å². The number of nitrogens with zero attached hydrogens (tertiary/aromatic N) is 3. The summed E-state index contributed by atoms with van der Waals surface area (Å²) >= 11 is 1.18. The standard InChI is InChI=1S/C24H29N5O6S2/c1-15(30)28-13-10-18-19(14-28)36-23(20(18)22(32)26-24(33)27(2)3)25-21(31)16-6-8-17(9-7-16)37(34,35)29-11-4-5-12-29/h6-9H,4-5,10-14H2,1-3H3,(H,25,31)(H,26,32,33). The van der Waals surface area contributed by atoms with Gasteiger partial charge >= 0.3 is 6.03 Å². The normalized spacial score (nSPS) is 15.7. The van der Waals surface area contributed by atoms with Crippen molar-refractivity contribution in [2.75, 3.05) is 39.0 Å². The third kappa shape index (κ3) is 5.53. The Balaban J connectivity index is 1.60. The zero-order valence-corrected chi connectivity index (χ0v) is 22.5. The molecule has 1 aromatic heterocycles. The van der Waals surface area contributed by atoms with E-state index in [1.54, 1.807) is 4.90 Å². The summed E-state index contributed by atoms with van der Waals surface area (Å²) in [7, 11) is -0.595. The van der Waals surface area contributed by atoms with Gasteiger partial charge in [0, 0.05) is 51.1 Å². The molecular formula is C24H29N5O6S2. The van der Waals surface area contributed by atoms with E-state index < -0.39 is 27.9 Å². The second-order valence-electron chi connectivity index (χ2n) is 9.14. The molecule has 3 heterocycles. The van der Waals surface area contributed by atoms with Gasteiger partial charge in [0.2, 0.25) is 15.9 Å². The van der Waals surface area contributed by atoms with Gasteiger partial charge < -0.3 is 15.1 Å². The maximum Gasteiger partial charge on any atom is 0.323 e. The smallest absolute Gasteiger partial charge is 0.323 e. The van der Waals surface area contributed by atoms with Gasteiger partial charge in [-0.15, -0.1) is 11.3 Å². The number of benzene rings is 1. The highest BCUT2D eigenvalue weighted by molar-refractivity contribution is 7.89. The first-order valence-electron chi connectivity index (χ1n) is 11.8. The lowest BCUT2D eigenvalue weighted by Crippen LogP contribution is -2.39. The second-order valence-corrected chi connectivity index (χ2v) is 12.2. The maximum atomic E-state index is 13.1. The van der Waals surface area contributed by atoms with Crippen molar-refractivity contribution in [1.82, 2.24) is 19.4 Å². The number of hydrogen-bond acceptors (Lipinski definition) is 7. The van der Waals surface area contributed by atoms with Gasteiger partial charge in [-0.2, -0.15) is 4.31 Å². The highest BCUT2D eigenvalue weighted by atomic mass is 32.2. The molecule has 1 saturated heterocycles. The highest BCUT2D eigenvalue weighted by Crippen LogP contribution is 2.37. The summed E-state index contributed by atoms with van der Waals surface area (Å²) in [5, 5.41) is 5.34. The largest absolute Gasteiger partial charge is 0.337 e. The Morgan fingerprint density at radius 2 is 1.62 bits per heavy atom. The molecule has 4 rings (SSSR count). The molecule has 11 nitrogen and oxygen atoms in total. The van der Waals surface area contributed by atoms with Crippen LogP contribution in [0.15, 0.2) is 29.2 Å². The van der Waals surface area contributed by atoms with Crippen LogP contribution in [0.2, 0.25) is 0 Å². The summed E-state index contributed by atoms with van der Waals surface area (Å²) in [6.45, 7) is 3.15. The van der Waals surface area contributed by atoms with Crippen LogP contribution in [0.25, 0.3) is 0 Å². The van der Waals surface area contributed by atoms with Crippen LogP contribution in [0, 0.1) is 0 Å². The van der Waals surface area contributed by atoms with E-state index >= 15 is 0 Å². The van der Waals surface area contributed by atoms with Crippen LogP contribution in [0.1, 0.15) is 50.9 Å². The third-order valence-electron chi connectivity index (χ3n) is 6.40. The molecule has 2 aliphatic rings. The molecule has 0 saturated carbocycles. The summed E-state index contributed by atoms with van der Waals surface area (Å²) in [5.74, 6) is -1.27. The van der Waals surface area contributed by atoms with Crippen molar-refractivity contribution in [2.45, 2.75) is 37.6 Å². The average molecular weight is 548 g/mol. The lowest BCUT2D eigenvalue weighted by atomic mass is 10.0. The quantitative estimate of drug-likeness (QED) is 0.588. The van der Waals surface area contributed by atoms with Crippen molar-refractivity contribution >= 4 is 50.1 Å². The summed E-state index contributed by atoms with van der Waals surface area (Å²) in [4.78, 5) is 53.9. The highest BCUT2D eigenvalue weighted by Gasteiger charge is 2.31. The van der Waals surface area contributed by atoms with Gasteiger partial charge in [-0.3, -0.25) is 19.7 Å². The Hall–Kier alpha value is -3.29. The number of urea groups is 1. The second kappa shape index (κ2) is 10.6. The molecule has 0 radical (unpaired) electrons. The van der Waals surface area contributed by atoms with Crippen molar-refractivity contribution in [3.8, 4) is 0 Å². The zero-order valence-electron chi connectivity index (χ0n) is 20.9. The molecule has 1 fully saturated rings. The van der Waals surface area contributed by atoms with Gasteiger partial charge in [0.25, 0.3) is 11.8 Å². The molecule has 198 valence electrons. The van der Waals surface area contributed by atoms with Gasteiger partial charge in [0.1, 0.15) is 5.00 Å². The summed E-state index contributed by atoms with van der Waals surface area (Å²) in [6.07, 6.45) is 2.05. The Bertz CT molecular complexity index is 1340. The lowest BCUT2D eigenvalue weighted by Gasteiger charge is -2.26. The number of carbonyl (C=O) groups is 4. The monoisotopic (exact) mass is 547 g/mol. The number of sulfonamides is 1. The Kier molecular flexibility index (Phi) is 7.67. The number of rotatable bonds is 5. The number of thiophene rings is 1. The van der Waals surface area contributed by atoms with E-state index in [-0.39, 0.29) is 26.9 Å². The SMILES string of the molecule is CC(=O)N1CCc2c(sc(NC(=O)c3ccc(S(=O)(=O)N4CCCC4)cc3)c2C(=O)NC(=O)N(C)C)C1. The third-order valence-corrected chi connectivity index (χ3v) is 9.45. The lowest BCUT2D eigenvalue weighted by molar-refractivity contribution is -0.129. The summed E-state index contributed by atoms with van der Waals surface area (Å²) in [5.41, 5.74) is 1.10. The summed E-state index contributed by atoms with van der Waals surface area (Å²) in [6, 6.07) is 5.06. The fraction of sp³-hybridized carbons (Fsp3) is 0.417. The van der Waals surface area contributed by atoms with E-state index in [4.69, 9.17) is 0 Å². The minimum Gasteiger partial charge on any atom is -0.337 e. The molecule has 0 bridgehead atoms. The first-order chi connectivity index (χ1) is 17.5. The fourth-order valence-electron chi connectivity index (χ4n) is 4.30. The average Bonchev–Trinajstić information content (AvgIpc) is 3.52. The molecule has 2 N–H and O–H groups in total. The van der Waals surface area contributed by atoms with Crippen LogP contribution in [-0.4, -0.2) is 80.0 Å². The Labute approximate surface area is 219 Å². The van der Waals surface area contributed by atoms with Crippen molar-refractivity contribution in [3.63, 3.8) is 0 Å². The molecule has 0 aliphatic carbocycles. The van der Waals surface area contributed by atoms with Crippen molar-refractivity contribution in [3.05, 3.63) is 45.8 Å². The molecule has 2 aliphatic heterocycles. The van der Waals surface area contributed by atoms with Crippen molar-refractivity contribution in [2.24, 2.45) is 0 Å². The predicted molar refractivity (Wildman–Crippen MR) is 138 cm³/mol. The van der Waals surface area contributed by atoms with Gasteiger partial charge in [-0.05, 0) is 49.1 Å². The number of amides is 5. The first kappa shape index (κ1) is 26.8. The topological polar surface area (TPSA) is 136 Å². The molecule has 13 heteroatoms. The molecule has 5 amide bonds. The Morgan fingerprint density at radius 1 is 0.973 bits per heavy atom. The van der Waals surface area contributed by atoms with Gasteiger partial charge in [-0.1, -0.05) is 0 Å². The van der Waals surface area contributed by atoms with Gasteiger partial charge in [0.05, 0.1) is 17.0 Å². The van der Waals surface area contributed by atoms with E-state index in [0.717, 1.165) is 17.7 Å². The van der Waals surface area contributed by atoms with Crippen LogP contribution in [0.3, 0.4) is 0 Å². The maximum absolute atomic E-state index is 13.1. The first-order valence-corrected chi connectivity index (χ1v) is 14.1. The number of fused-ring (bicyclic) bond motifs is 1. The minimum atomic E-state index is -3.61. The van der Waals surface area contributed by atoms with Crippen LogP contribution < -0.4 is 10.6 Å². The number of hydrogen-bond donors (Lipinski definition) is 2. The van der Waals surface area contributed by atoms with E-state index in [2.05, 4.69) is 10.6 Å². The molecule has 0 spiro atoms.